The Morgan fingerprint density at radius 2 is 1.89 bits per heavy atom. The van der Waals surface area contributed by atoms with Crippen LogP contribution in [0.2, 0.25) is 0 Å². The zero-order valence-corrected chi connectivity index (χ0v) is 16.2. The predicted molar refractivity (Wildman–Crippen MR) is 98.1 cm³/mol. The van der Waals surface area contributed by atoms with Gasteiger partial charge in [0, 0.05) is 3.57 Å². The van der Waals surface area contributed by atoms with E-state index in [1.54, 1.807) is 0 Å². The molecule has 0 bridgehead atoms. The summed E-state index contributed by atoms with van der Waals surface area (Å²) in [6, 6.07) is 4.52. The summed E-state index contributed by atoms with van der Waals surface area (Å²) >= 11 is 4.83. The van der Waals surface area contributed by atoms with Crippen molar-refractivity contribution in [1.29, 1.82) is 0 Å². The van der Waals surface area contributed by atoms with Crippen LogP contribution in [-0.2, 0) is 0 Å². The van der Waals surface area contributed by atoms with Crippen molar-refractivity contribution in [2.45, 2.75) is 64.4 Å². The van der Waals surface area contributed by atoms with E-state index in [-0.39, 0.29) is 5.60 Å². The third kappa shape index (κ3) is 3.77. The molecular formula is C16H22I2O. The van der Waals surface area contributed by atoms with Gasteiger partial charge in [-0.1, -0.05) is 13.8 Å². The van der Waals surface area contributed by atoms with Gasteiger partial charge in [-0.3, -0.25) is 0 Å². The monoisotopic (exact) mass is 484 g/mol. The quantitative estimate of drug-likeness (QED) is 0.468. The maximum atomic E-state index is 6.49. The molecule has 2 rings (SSSR count). The normalized spacial score (nSPS) is 19.4. The fourth-order valence-electron chi connectivity index (χ4n) is 2.75. The summed E-state index contributed by atoms with van der Waals surface area (Å²) in [5, 5.41) is 0. The van der Waals surface area contributed by atoms with Crippen LogP contribution in [0.3, 0.4) is 0 Å². The average Bonchev–Trinajstić information content (AvgIpc) is 2.78. The Bertz CT molecular complexity index is 450. The van der Waals surface area contributed by atoms with E-state index in [0.29, 0.717) is 5.92 Å². The number of ether oxygens (including phenoxy) is 1. The molecule has 1 aliphatic carbocycles. The number of rotatable bonds is 4. The van der Waals surface area contributed by atoms with Gasteiger partial charge < -0.3 is 4.74 Å². The first-order valence-electron chi connectivity index (χ1n) is 7.13. The Morgan fingerprint density at radius 1 is 1.26 bits per heavy atom. The van der Waals surface area contributed by atoms with E-state index >= 15 is 0 Å². The van der Waals surface area contributed by atoms with Crippen LogP contribution in [0.15, 0.2) is 12.1 Å². The van der Waals surface area contributed by atoms with Crippen LogP contribution in [0, 0.1) is 7.14 Å². The molecule has 1 atom stereocenters. The number of benzene rings is 1. The van der Waals surface area contributed by atoms with E-state index < -0.39 is 0 Å². The van der Waals surface area contributed by atoms with Crippen LogP contribution in [-0.4, -0.2) is 5.60 Å². The van der Waals surface area contributed by atoms with E-state index in [2.05, 4.69) is 78.1 Å². The van der Waals surface area contributed by atoms with Crippen LogP contribution in [0.25, 0.3) is 0 Å². The SMILES string of the molecule is CCC(C)c1cc(I)cc(I)c1OC1(C)CCCC1. The molecule has 0 amide bonds. The highest BCUT2D eigenvalue weighted by Gasteiger charge is 2.32. The fraction of sp³-hybridized carbons (Fsp3) is 0.625. The summed E-state index contributed by atoms with van der Waals surface area (Å²) in [6.07, 6.45) is 6.14. The minimum atomic E-state index is 0.0505. The molecule has 0 aromatic heterocycles. The molecule has 1 saturated carbocycles. The molecule has 1 unspecified atom stereocenters. The first-order valence-corrected chi connectivity index (χ1v) is 9.29. The van der Waals surface area contributed by atoms with Crippen LogP contribution in [0.1, 0.15) is 64.4 Å². The molecule has 1 aliphatic rings. The summed E-state index contributed by atoms with van der Waals surface area (Å²) in [5.41, 5.74) is 1.43. The molecule has 1 fully saturated rings. The Balaban J connectivity index is 2.37. The summed E-state index contributed by atoms with van der Waals surface area (Å²) in [5.74, 6) is 1.70. The van der Waals surface area contributed by atoms with Crippen molar-refractivity contribution in [1.82, 2.24) is 0 Å². The minimum absolute atomic E-state index is 0.0505. The van der Waals surface area contributed by atoms with Crippen LogP contribution in [0.4, 0.5) is 0 Å². The molecule has 3 heteroatoms. The summed E-state index contributed by atoms with van der Waals surface area (Å²) in [6.45, 7) is 6.82. The third-order valence-corrected chi connectivity index (χ3v) is 5.61. The van der Waals surface area contributed by atoms with Crippen LogP contribution >= 0.6 is 45.2 Å². The van der Waals surface area contributed by atoms with Crippen molar-refractivity contribution in [2.24, 2.45) is 0 Å². The zero-order chi connectivity index (χ0) is 14.0. The average molecular weight is 484 g/mol. The standard InChI is InChI=1S/C16H22I2O/c1-4-11(2)13-9-12(17)10-14(18)15(13)19-16(3)7-5-6-8-16/h9-11H,4-8H2,1-3H3. The second-order valence-electron chi connectivity index (χ2n) is 5.87. The molecule has 0 N–H and O–H groups in total. The lowest BCUT2D eigenvalue weighted by molar-refractivity contribution is 0.0939. The Labute approximate surface area is 144 Å². The summed E-state index contributed by atoms with van der Waals surface area (Å²) < 4.78 is 9.06. The van der Waals surface area contributed by atoms with Crippen molar-refractivity contribution in [3.63, 3.8) is 0 Å². The van der Waals surface area contributed by atoms with Gasteiger partial charge in [-0.05, 0) is 108 Å². The minimum Gasteiger partial charge on any atom is -0.486 e. The van der Waals surface area contributed by atoms with Gasteiger partial charge in [-0.2, -0.15) is 0 Å². The molecule has 0 saturated heterocycles. The van der Waals surface area contributed by atoms with Gasteiger partial charge in [0.15, 0.2) is 0 Å². The van der Waals surface area contributed by atoms with Crippen molar-refractivity contribution < 1.29 is 4.74 Å². The molecule has 106 valence electrons. The molecule has 1 aromatic rings. The lowest BCUT2D eigenvalue weighted by Crippen LogP contribution is -2.29. The third-order valence-electron chi connectivity index (χ3n) is 4.19. The molecule has 19 heavy (non-hydrogen) atoms. The second kappa shape index (κ2) is 6.50. The van der Waals surface area contributed by atoms with Gasteiger partial charge in [-0.15, -0.1) is 0 Å². The van der Waals surface area contributed by atoms with Crippen LogP contribution < -0.4 is 4.74 Å². The summed E-state index contributed by atoms with van der Waals surface area (Å²) in [4.78, 5) is 0. The van der Waals surface area contributed by atoms with E-state index in [0.717, 1.165) is 12.2 Å². The molecule has 0 spiro atoms. The van der Waals surface area contributed by atoms with Gasteiger partial charge >= 0.3 is 0 Å². The Morgan fingerprint density at radius 3 is 2.47 bits per heavy atom. The first kappa shape index (κ1) is 15.9. The molecule has 1 aromatic carbocycles. The molecule has 1 nitrogen and oxygen atoms in total. The largest absolute Gasteiger partial charge is 0.486 e. The highest BCUT2D eigenvalue weighted by molar-refractivity contribution is 14.1. The molecule has 0 heterocycles. The molecular weight excluding hydrogens is 462 g/mol. The van der Waals surface area contributed by atoms with Gasteiger partial charge in [0.2, 0.25) is 0 Å². The van der Waals surface area contributed by atoms with Crippen molar-refractivity contribution in [3.05, 3.63) is 24.8 Å². The lowest BCUT2D eigenvalue weighted by atomic mass is 9.97. The molecule has 0 radical (unpaired) electrons. The van der Waals surface area contributed by atoms with Crippen molar-refractivity contribution in [2.75, 3.05) is 0 Å². The Hall–Kier alpha value is 0.480. The zero-order valence-electron chi connectivity index (χ0n) is 11.9. The van der Waals surface area contributed by atoms with Crippen LogP contribution in [0.5, 0.6) is 5.75 Å². The number of hydrogen-bond acceptors (Lipinski definition) is 1. The maximum absolute atomic E-state index is 6.49. The second-order valence-corrected chi connectivity index (χ2v) is 8.28. The molecule has 0 aliphatic heterocycles. The van der Waals surface area contributed by atoms with Crippen molar-refractivity contribution >= 4 is 45.2 Å². The highest BCUT2D eigenvalue weighted by Crippen LogP contribution is 2.40. The first-order chi connectivity index (χ1) is 8.95. The van der Waals surface area contributed by atoms with Gasteiger partial charge in [0.25, 0.3) is 0 Å². The summed E-state index contributed by atoms with van der Waals surface area (Å²) in [7, 11) is 0. The van der Waals surface area contributed by atoms with E-state index in [4.69, 9.17) is 4.74 Å². The predicted octanol–water partition coefficient (Wildman–Crippen LogP) is 6.12. The topological polar surface area (TPSA) is 9.23 Å². The maximum Gasteiger partial charge on any atom is 0.136 e. The van der Waals surface area contributed by atoms with Gasteiger partial charge in [0.05, 0.1) is 3.57 Å². The van der Waals surface area contributed by atoms with E-state index in [9.17, 15) is 0 Å². The van der Waals surface area contributed by atoms with Gasteiger partial charge in [0.1, 0.15) is 11.4 Å². The van der Waals surface area contributed by atoms with E-state index in [1.807, 2.05) is 0 Å². The number of hydrogen-bond donors (Lipinski definition) is 0. The van der Waals surface area contributed by atoms with Crippen molar-refractivity contribution in [3.8, 4) is 5.75 Å². The number of halogens is 2. The smallest absolute Gasteiger partial charge is 0.136 e. The van der Waals surface area contributed by atoms with Gasteiger partial charge in [-0.25, -0.2) is 0 Å². The van der Waals surface area contributed by atoms with E-state index in [1.165, 1.54) is 38.4 Å². The fourth-order valence-corrected chi connectivity index (χ4v) is 4.75. The lowest BCUT2D eigenvalue weighted by Gasteiger charge is -2.29. The highest BCUT2D eigenvalue weighted by atomic mass is 127. The Kier molecular flexibility index (Phi) is 5.42.